The SMILES string of the molecule is O=C(Nc1ccc(=O)[nH]c1)c1cccc(C(F)(F)F)c1. The predicted molar refractivity (Wildman–Crippen MR) is 66.5 cm³/mol. The van der Waals surface area contributed by atoms with Gasteiger partial charge in [-0.15, -0.1) is 0 Å². The first-order valence-electron chi connectivity index (χ1n) is 5.53. The molecule has 2 N–H and O–H groups in total. The van der Waals surface area contributed by atoms with Crippen LogP contribution in [-0.4, -0.2) is 10.9 Å². The fourth-order valence-electron chi connectivity index (χ4n) is 1.53. The number of hydrogen-bond acceptors (Lipinski definition) is 2. The van der Waals surface area contributed by atoms with Crippen LogP contribution in [0.5, 0.6) is 0 Å². The number of benzene rings is 1. The van der Waals surface area contributed by atoms with Crippen LogP contribution in [0.3, 0.4) is 0 Å². The largest absolute Gasteiger partial charge is 0.416 e. The molecule has 1 amide bonds. The Labute approximate surface area is 111 Å². The summed E-state index contributed by atoms with van der Waals surface area (Å²) in [7, 11) is 0. The molecule has 0 saturated heterocycles. The van der Waals surface area contributed by atoms with Gasteiger partial charge in [0.05, 0.1) is 11.3 Å². The number of aromatic amines is 1. The number of amides is 1. The minimum absolute atomic E-state index is 0.119. The van der Waals surface area contributed by atoms with Crippen molar-refractivity contribution in [1.29, 1.82) is 0 Å². The fraction of sp³-hybridized carbons (Fsp3) is 0.0769. The Bertz CT molecular complexity index is 672. The van der Waals surface area contributed by atoms with Gasteiger partial charge in [-0.3, -0.25) is 9.59 Å². The molecule has 1 aromatic carbocycles. The second-order valence-electron chi connectivity index (χ2n) is 3.97. The Morgan fingerprint density at radius 3 is 2.50 bits per heavy atom. The minimum atomic E-state index is -4.51. The molecule has 1 aromatic heterocycles. The van der Waals surface area contributed by atoms with Crippen LogP contribution in [0.4, 0.5) is 18.9 Å². The van der Waals surface area contributed by atoms with Gasteiger partial charge in [-0.25, -0.2) is 0 Å². The number of carbonyl (C=O) groups is 1. The summed E-state index contributed by atoms with van der Waals surface area (Å²) < 4.78 is 37.6. The summed E-state index contributed by atoms with van der Waals surface area (Å²) in [5.41, 5.74) is -1.08. The van der Waals surface area contributed by atoms with Crippen LogP contribution in [-0.2, 0) is 6.18 Å². The van der Waals surface area contributed by atoms with Crippen molar-refractivity contribution in [3.8, 4) is 0 Å². The fourth-order valence-corrected chi connectivity index (χ4v) is 1.53. The van der Waals surface area contributed by atoms with Crippen molar-refractivity contribution in [3.63, 3.8) is 0 Å². The first-order chi connectivity index (χ1) is 9.36. The first-order valence-corrected chi connectivity index (χ1v) is 5.53. The molecule has 0 aliphatic heterocycles. The number of alkyl halides is 3. The first kappa shape index (κ1) is 13.9. The zero-order valence-electron chi connectivity index (χ0n) is 9.99. The summed E-state index contributed by atoms with van der Waals surface area (Å²) in [5, 5.41) is 2.39. The van der Waals surface area contributed by atoms with Gasteiger partial charge in [0.2, 0.25) is 5.56 Å². The van der Waals surface area contributed by atoms with Gasteiger partial charge in [0.15, 0.2) is 0 Å². The monoisotopic (exact) mass is 282 g/mol. The number of hydrogen-bond donors (Lipinski definition) is 2. The van der Waals surface area contributed by atoms with Gasteiger partial charge in [-0.05, 0) is 24.3 Å². The van der Waals surface area contributed by atoms with Gasteiger partial charge >= 0.3 is 6.18 Å². The zero-order chi connectivity index (χ0) is 14.8. The topological polar surface area (TPSA) is 62.0 Å². The lowest BCUT2D eigenvalue weighted by molar-refractivity contribution is -0.137. The summed E-state index contributed by atoms with van der Waals surface area (Å²) in [6, 6.07) is 6.63. The smallest absolute Gasteiger partial charge is 0.327 e. The van der Waals surface area contributed by atoms with E-state index in [2.05, 4.69) is 10.3 Å². The second-order valence-corrected chi connectivity index (χ2v) is 3.97. The molecule has 0 unspecified atom stereocenters. The lowest BCUT2D eigenvalue weighted by Crippen LogP contribution is -2.15. The molecule has 0 spiro atoms. The Morgan fingerprint density at radius 1 is 1.15 bits per heavy atom. The van der Waals surface area contributed by atoms with Crippen LogP contribution in [0, 0.1) is 0 Å². The van der Waals surface area contributed by atoms with Crippen molar-refractivity contribution < 1.29 is 18.0 Å². The molecule has 4 nitrogen and oxygen atoms in total. The van der Waals surface area contributed by atoms with Crippen LogP contribution in [0.15, 0.2) is 47.4 Å². The average molecular weight is 282 g/mol. The molecule has 20 heavy (non-hydrogen) atoms. The third-order valence-electron chi connectivity index (χ3n) is 2.49. The highest BCUT2D eigenvalue weighted by molar-refractivity contribution is 6.04. The standard InChI is InChI=1S/C13H9F3N2O2/c14-13(15,16)9-3-1-2-8(6-9)12(20)18-10-4-5-11(19)17-7-10/h1-7H,(H,17,19)(H,18,20). The highest BCUT2D eigenvalue weighted by atomic mass is 19.4. The number of nitrogens with one attached hydrogen (secondary N) is 2. The van der Waals surface area contributed by atoms with Gasteiger partial charge in [0.25, 0.3) is 5.91 Å². The van der Waals surface area contributed by atoms with Gasteiger partial charge in [-0.2, -0.15) is 13.2 Å². The highest BCUT2D eigenvalue weighted by Gasteiger charge is 2.30. The van der Waals surface area contributed by atoms with E-state index in [1.165, 1.54) is 24.4 Å². The number of carbonyl (C=O) groups excluding carboxylic acids is 1. The molecule has 0 fully saturated rings. The van der Waals surface area contributed by atoms with E-state index >= 15 is 0 Å². The lowest BCUT2D eigenvalue weighted by Gasteiger charge is -2.09. The van der Waals surface area contributed by atoms with Crippen LogP contribution in [0.1, 0.15) is 15.9 Å². The highest BCUT2D eigenvalue weighted by Crippen LogP contribution is 2.29. The molecule has 104 valence electrons. The maximum Gasteiger partial charge on any atom is 0.416 e. The van der Waals surface area contributed by atoms with E-state index in [1.807, 2.05) is 0 Å². The van der Waals surface area contributed by atoms with E-state index in [4.69, 9.17) is 0 Å². The summed E-state index contributed by atoms with van der Waals surface area (Å²) in [6.07, 6.45) is -3.25. The van der Waals surface area contributed by atoms with E-state index in [0.29, 0.717) is 0 Å². The molecule has 7 heteroatoms. The molecule has 0 aliphatic carbocycles. The molecule has 0 atom stereocenters. The Balaban J connectivity index is 2.21. The molecule has 1 heterocycles. The van der Waals surface area contributed by atoms with Crippen molar-refractivity contribution in [1.82, 2.24) is 4.98 Å². The quantitative estimate of drug-likeness (QED) is 0.889. The third-order valence-corrected chi connectivity index (χ3v) is 2.49. The van der Waals surface area contributed by atoms with E-state index in [0.717, 1.165) is 18.2 Å². The van der Waals surface area contributed by atoms with Crippen LogP contribution < -0.4 is 10.9 Å². The number of H-pyrrole nitrogens is 1. The second kappa shape index (κ2) is 5.20. The number of pyridine rings is 1. The molecule has 0 aliphatic rings. The average Bonchev–Trinajstić information content (AvgIpc) is 2.40. The van der Waals surface area contributed by atoms with Gasteiger partial charge in [-0.1, -0.05) is 6.07 Å². The molecule has 2 rings (SSSR count). The number of rotatable bonds is 2. The Kier molecular flexibility index (Phi) is 3.60. The van der Waals surface area contributed by atoms with Crippen molar-refractivity contribution in [2.24, 2.45) is 0 Å². The van der Waals surface area contributed by atoms with Crippen molar-refractivity contribution in [2.45, 2.75) is 6.18 Å². The summed E-state index contributed by atoms with van der Waals surface area (Å²) in [5.74, 6) is -0.692. The van der Waals surface area contributed by atoms with E-state index in [9.17, 15) is 22.8 Å². The van der Waals surface area contributed by atoms with E-state index in [-0.39, 0.29) is 16.8 Å². The van der Waals surface area contributed by atoms with E-state index < -0.39 is 17.6 Å². The normalized spacial score (nSPS) is 11.2. The van der Waals surface area contributed by atoms with Gasteiger partial charge in [0, 0.05) is 17.8 Å². The van der Waals surface area contributed by atoms with Gasteiger partial charge in [0.1, 0.15) is 0 Å². The predicted octanol–water partition coefficient (Wildman–Crippen LogP) is 2.65. The lowest BCUT2D eigenvalue weighted by atomic mass is 10.1. The van der Waals surface area contributed by atoms with Crippen LogP contribution >= 0.6 is 0 Å². The molecule has 0 bridgehead atoms. The Hall–Kier alpha value is -2.57. The van der Waals surface area contributed by atoms with Crippen molar-refractivity contribution >= 4 is 11.6 Å². The molecule has 2 aromatic rings. The maximum absolute atomic E-state index is 12.5. The molecular weight excluding hydrogens is 273 g/mol. The van der Waals surface area contributed by atoms with Crippen LogP contribution in [0.2, 0.25) is 0 Å². The third kappa shape index (κ3) is 3.25. The van der Waals surface area contributed by atoms with Crippen molar-refractivity contribution in [2.75, 3.05) is 5.32 Å². The molecule has 0 radical (unpaired) electrons. The van der Waals surface area contributed by atoms with Crippen LogP contribution in [0.25, 0.3) is 0 Å². The number of halogens is 3. The molecule has 0 saturated carbocycles. The molecular formula is C13H9F3N2O2. The zero-order valence-corrected chi connectivity index (χ0v) is 9.99. The van der Waals surface area contributed by atoms with Gasteiger partial charge < -0.3 is 10.3 Å². The number of aromatic nitrogens is 1. The van der Waals surface area contributed by atoms with Crippen molar-refractivity contribution in [3.05, 3.63) is 64.1 Å². The Morgan fingerprint density at radius 2 is 1.90 bits per heavy atom. The maximum atomic E-state index is 12.5. The summed E-state index contributed by atoms with van der Waals surface area (Å²) >= 11 is 0. The van der Waals surface area contributed by atoms with E-state index in [1.54, 1.807) is 0 Å². The summed E-state index contributed by atoms with van der Waals surface area (Å²) in [4.78, 5) is 25.0. The minimum Gasteiger partial charge on any atom is -0.327 e. The number of anilines is 1. The summed E-state index contributed by atoms with van der Waals surface area (Å²) in [6.45, 7) is 0.